The number of aromatic nitrogens is 1. The molecule has 2 rings (SSSR count). The van der Waals surface area contributed by atoms with Crippen LogP contribution in [0.15, 0.2) is 42.5 Å². The Morgan fingerprint density at radius 1 is 1.27 bits per heavy atom. The van der Waals surface area contributed by atoms with E-state index < -0.39 is 0 Å². The quantitative estimate of drug-likeness (QED) is 0.882. The molecule has 2 aromatic rings. The molecular weight excluding hydrogens is 298 g/mol. The number of halogens is 1. The van der Waals surface area contributed by atoms with Crippen LogP contribution in [0.3, 0.4) is 0 Å². The van der Waals surface area contributed by atoms with Gasteiger partial charge in [-0.25, -0.2) is 4.98 Å². The number of unbranched alkanes of at least 4 members (excludes halogenated alkanes) is 1. The number of nitrogen functional groups attached to an aromatic ring is 1. The molecule has 0 saturated carbocycles. The Kier molecular flexibility index (Phi) is 5.78. The summed E-state index contributed by atoms with van der Waals surface area (Å²) in [7, 11) is 0. The molecule has 0 aliphatic carbocycles. The van der Waals surface area contributed by atoms with E-state index in [4.69, 9.17) is 17.3 Å². The van der Waals surface area contributed by atoms with E-state index in [1.54, 1.807) is 23.1 Å². The third-order valence-electron chi connectivity index (χ3n) is 3.32. The van der Waals surface area contributed by atoms with E-state index in [0.29, 0.717) is 29.6 Å². The molecule has 0 saturated heterocycles. The minimum atomic E-state index is -0.110. The second-order valence-corrected chi connectivity index (χ2v) is 5.59. The van der Waals surface area contributed by atoms with Crippen LogP contribution in [0.4, 0.5) is 5.82 Å². The van der Waals surface area contributed by atoms with Gasteiger partial charge < -0.3 is 10.6 Å². The van der Waals surface area contributed by atoms with Crippen molar-refractivity contribution in [2.45, 2.75) is 26.3 Å². The summed E-state index contributed by atoms with van der Waals surface area (Å²) in [6, 6.07) is 12.7. The van der Waals surface area contributed by atoms with Crippen LogP contribution in [0.2, 0.25) is 5.02 Å². The zero-order valence-corrected chi connectivity index (χ0v) is 13.4. The zero-order valence-electron chi connectivity index (χ0n) is 12.6. The van der Waals surface area contributed by atoms with Gasteiger partial charge in [0.1, 0.15) is 11.5 Å². The van der Waals surface area contributed by atoms with Crippen molar-refractivity contribution >= 4 is 23.3 Å². The molecule has 1 amide bonds. The molecule has 0 radical (unpaired) electrons. The molecule has 0 atom stereocenters. The highest BCUT2D eigenvalue weighted by molar-refractivity contribution is 6.30. The van der Waals surface area contributed by atoms with Crippen molar-refractivity contribution in [3.8, 4) is 0 Å². The van der Waals surface area contributed by atoms with Gasteiger partial charge in [0.2, 0.25) is 0 Å². The molecule has 5 heteroatoms. The SMILES string of the molecule is CCCCN(Cc1cccc(Cl)c1)C(=O)c1cccc(N)n1. The lowest BCUT2D eigenvalue weighted by atomic mass is 10.2. The van der Waals surface area contributed by atoms with E-state index in [-0.39, 0.29) is 5.91 Å². The summed E-state index contributed by atoms with van der Waals surface area (Å²) in [4.78, 5) is 18.6. The molecule has 4 nitrogen and oxygen atoms in total. The molecule has 2 N–H and O–H groups in total. The second kappa shape index (κ2) is 7.80. The predicted octanol–water partition coefficient (Wildman–Crippen LogP) is 3.76. The molecular formula is C17H20ClN3O. The van der Waals surface area contributed by atoms with Crippen molar-refractivity contribution in [3.05, 3.63) is 58.7 Å². The number of anilines is 1. The van der Waals surface area contributed by atoms with E-state index in [1.807, 2.05) is 24.3 Å². The van der Waals surface area contributed by atoms with E-state index in [9.17, 15) is 4.79 Å². The molecule has 1 aromatic heterocycles. The summed E-state index contributed by atoms with van der Waals surface area (Å²) in [5.74, 6) is 0.241. The minimum Gasteiger partial charge on any atom is -0.384 e. The molecule has 22 heavy (non-hydrogen) atoms. The summed E-state index contributed by atoms with van der Waals surface area (Å²) in [5.41, 5.74) is 7.04. The molecule has 0 aliphatic rings. The van der Waals surface area contributed by atoms with Gasteiger partial charge in [0.15, 0.2) is 0 Å². The standard InChI is InChI=1S/C17H20ClN3O/c1-2-3-10-21(12-13-6-4-7-14(18)11-13)17(22)15-8-5-9-16(19)20-15/h4-9,11H,2-3,10,12H2,1H3,(H2,19,20). The summed E-state index contributed by atoms with van der Waals surface area (Å²) in [5, 5.41) is 0.669. The maximum atomic E-state index is 12.7. The van der Waals surface area contributed by atoms with Crippen LogP contribution in [-0.4, -0.2) is 22.3 Å². The summed E-state index contributed by atoms with van der Waals surface area (Å²) in [6.07, 6.45) is 1.96. The van der Waals surface area contributed by atoms with E-state index in [1.165, 1.54) is 0 Å². The number of nitrogens with two attached hydrogens (primary N) is 1. The maximum Gasteiger partial charge on any atom is 0.272 e. The largest absolute Gasteiger partial charge is 0.384 e. The molecule has 1 heterocycles. The lowest BCUT2D eigenvalue weighted by Crippen LogP contribution is -2.32. The number of nitrogens with zero attached hydrogens (tertiary/aromatic N) is 2. The number of benzene rings is 1. The Bertz CT molecular complexity index is 645. The number of rotatable bonds is 6. The first-order valence-corrected chi connectivity index (χ1v) is 7.74. The fraction of sp³-hybridized carbons (Fsp3) is 0.294. The normalized spacial score (nSPS) is 10.5. The van der Waals surface area contributed by atoms with Crippen LogP contribution < -0.4 is 5.73 Å². The van der Waals surface area contributed by atoms with Crippen LogP contribution in [0.5, 0.6) is 0 Å². The number of hydrogen-bond acceptors (Lipinski definition) is 3. The van der Waals surface area contributed by atoms with Crippen molar-refractivity contribution in [2.24, 2.45) is 0 Å². The lowest BCUT2D eigenvalue weighted by Gasteiger charge is -2.22. The predicted molar refractivity (Wildman–Crippen MR) is 89.7 cm³/mol. The molecule has 1 aromatic carbocycles. The smallest absolute Gasteiger partial charge is 0.272 e. The maximum absolute atomic E-state index is 12.7. The van der Waals surface area contributed by atoms with Crippen LogP contribution in [0.1, 0.15) is 35.8 Å². The average Bonchev–Trinajstić information content (AvgIpc) is 2.51. The first kappa shape index (κ1) is 16.3. The van der Waals surface area contributed by atoms with Crippen molar-refractivity contribution in [1.29, 1.82) is 0 Å². The summed E-state index contributed by atoms with van der Waals surface area (Å²) >= 11 is 6.02. The lowest BCUT2D eigenvalue weighted by molar-refractivity contribution is 0.0735. The Morgan fingerprint density at radius 3 is 2.73 bits per heavy atom. The highest BCUT2D eigenvalue weighted by atomic mass is 35.5. The van der Waals surface area contributed by atoms with Crippen LogP contribution in [0, 0.1) is 0 Å². The van der Waals surface area contributed by atoms with Gasteiger partial charge in [-0.1, -0.05) is 43.1 Å². The Balaban J connectivity index is 2.19. The molecule has 0 unspecified atom stereocenters. The molecule has 0 spiro atoms. The van der Waals surface area contributed by atoms with Crippen molar-refractivity contribution in [1.82, 2.24) is 9.88 Å². The van der Waals surface area contributed by atoms with Crippen LogP contribution in [-0.2, 0) is 6.54 Å². The third kappa shape index (κ3) is 4.46. The van der Waals surface area contributed by atoms with Gasteiger partial charge in [0, 0.05) is 18.1 Å². The Hall–Kier alpha value is -2.07. The van der Waals surface area contributed by atoms with Crippen LogP contribution >= 0.6 is 11.6 Å². The molecule has 0 bridgehead atoms. The van der Waals surface area contributed by atoms with E-state index in [2.05, 4.69) is 11.9 Å². The monoisotopic (exact) mass is 317 g/mol. The van der Waals surface area contributed by atoms with Gasteiger partial charge in [-0.3, -0.25) is 4.79 Å². The third-order valence-corrected chi connectivity index (χ3v) is 3.56. The fourth-order valence-corrected chi connectivity index (χ4v) is 2.40. The van der Waals surface area contributed by atoms with E-state index in [0.717, 1.165) is 18.4 Å². The molecule has 0 aliphatic heterocycles. The number of amides is 1. The van der Waals surface area contributed by atoms with Gasteiger partial charge in [0.05, 0.1) is 0 Å². The highest BCUT2D eigenvalue weighted by Crippen LogP contribution is 2.15. The first-order valence-electron chi connectivity index (χ1n) is 7.36. The summed E-state index contributed by atoms with van der Waals surface area (Å²) < 4.78 is 0. The number of pyridine rings is 1. The average molecular weight is 318 g/mol. The minimum absolute atomic E-state index is 0.110. The van der Waals surface area contributed by atoms with Gasteiger partial charge >= 0.3 is 0 Å². The Morgan fingerprint density at radius 2 is 2.05 bits per heavy atom. The van der Waals surface area contributed by atoms with Crippen LogP contribution in [0.25, 0.3) is 0 Å². The van der Waals surface area contributed by atoms with Gasteiger partial charge in [-0.05, 0) is 36.2 Å². The molecule has 116 valence electrons. The topological polar surface area (TPSA) is 59.2 Å². The highest BCUT2D eigenvalue weighted by Gasteiger charge is 2.17. The summed E-state index contributed by atoms with van der Waals surface area (Å²) in [6.45, 7) is 3.29. The van der Waals surface area contributed by atoms with Gasteiger partial charge in [-0.15, -0.1) is 0 Å². The van der Waals surface area contributed by atoms with Crippen molar-refractivity contribution in [3.63, 3.8) is 0 Å². The zero-order chi connectivity index (χ0) is 15.9. The number of carbonyl (C=O) groups is 1. The number of hydrogen-bond donors (Lipinski definition) is 1. The Labute approximate surface area is 135 Å². The first-order chi connectivity index (χ1) is 10.6. The van der Waals surface area contributed by atoms with Gasteiger partial charge in [-0.2, -0.15) is 0 Å². The fourth-order valence-electron chi connectivity index (χ4n) is 2.19. The number of carbonyl (C=O) groups excluding carboxylic acids is 1. The van der Waals surface area contributed by atoms with Crippen molar-refractivity contribution < 1.29 is 4.79 Å². The van der Waals surface area contributed by atoms with Gasteiger partial charge in [0.25, 0.3) is 5.91 Å². The second-order valence-electron chi connectivity index (χ2n) is 5.16. The molecule has 0 fully saturated rings. The van der Waals surface area contributed by atoms with E-state index >= 15 is 0 Å². The van der Waals surface area contributed by atoms with Crippen molar-refractivity contribution in [2.75, 3.05) is 12.3 Å².